The number of carbonyl (C=O) groups is 1. The van der Waals surface area contributed by atoms with E-state index in [1.54, 1.807) is 29.2 Å². The zero-order chi connectivity index (χ0) is 14.1. The molecule has 0 aliphatic heterocycles. The number of aromatic carboxylic acids is 1. The molecule has 0 spiro atoms. The van der Waals surface area contributed by atoms with Gasteiger partial charge in [-0.2, -0.15) is 10.2 Å². The van der Waals surface area contributed by atoms with Gasteiger partial charge in [-0.3, -0.25) is 9.78 Å². The normalized spacial score (nSPS) is 11.1. The number of nitrogens with one attached hydrogen (secondary N) is 1. The van der Waals surface area contributed by atoms with Crippen LogP contribution in [0.25, 0.3) is 22.0 Å². The summed E-state index contributed by atoms with van der Waals surface area (Å²) >= 11 is 0. The third-order valence-corrected chi connectivity index (χ3v) is 3.06. The van der Waals surface area contributed by atoms with E-state index in [0.717, 1.165) is 11.1 Å². The molecule has 2 heterocycles. The van der Waals surface area contributed by atoms with Gasteiger partial charge in [0.2, 0.25) is 0 Å². The van der Waals surface area contributed by atoms with Gasteiger partial charge in [0, 0.05) is 17.1 Å². The van der Waals surface area contributed by atoms with Gasteiger partial charge in [0.15, 0.2) is 5.69 Å². The Bertz CT molecular complexity index is 775. The number of aliphatic hydroxyl groups is 1. The summed E-state index contributed by atoms with van der Waals surface area (Å²) in [5.41, 5.74) is 2.39. The molecule has 0 bridgehead atoms. The molecule has 20 heavy (non-hydrogen) atoms. The minimum Gasteiger partial charge on any atom is -0.476 e. The summed E-state index contributed by atoms with van der Waals surface area (Å²) in [6, 6.07) is 5.42. The van der Waals surface area contributed by atoms with Gasteiger partial charge < -0.3 is 10.2 Å². The first-order chi connectivity index (χ1) is 9.69. The molecule has 2 aromatic heterocycles. The molecular formula is C13H12N4O3. The highest BCUT2D eigenvalue weighted by atomic mass is 16.4. The van der Waals surface area contributed by atoms with E-state index in [2.05, 4.69) is 15.3 Å². The van der Waals surface area contributed by atoms with Crippen LogP contribution in [0.15, 0.2) is 30.6 Å². The van der Waals surface area contributed by atoms with Crippen molar-refractivity contribution in [1.82, 2.24) is 20.0 Å². The second-order valence-corrected chi connectivity index (χ2v) is 4.35. The van der Waals surface area contributed by atoms with Crippen LogP contribution in [0.1, 0.15) is 10.5 Å². The molecule has 102 valence electrons. The van der Waals surface area contributed by atoms with E-state index in [-0.39, 0.29) is 12.3 Å². The number of nitrogens with zero attached hydrogens (tertiary/aromatic N) is 3. The molecule has 1 aromatic carbocycles. The number of aromatic amines is 1. The molecule has 3 N–H and O–H groups in total. The number of benzene rings is 1. The van der Waals surface area contributed by atoms with E-state index in [1.165, 1.54) is 0 Å². The number of carboxylic acid groups (broad SMARTS) is 1. The molecule has 0 amide bonds. The van der Waals surface area contributed by atoms with Crippen LogP contribution in [-0.4, -0.2) is 42.8 Å². The molecule has 3 rings (SSSR count). The van der Waals surface area contributed by atoms with Gasteiger partial charge in [-0.15, -0.1) is 0 Å². The Kier molecular flexibility index (Phi) is 2.96. The standard InChI is InChI=1S/C13H12N4O3/c18-4-3-17-7-9(6-14-17)8-1-2-11-10(5-8)12(13(19)20)16-15-11/h1-2,5-7,18H,3-4H2,(H,15,16)(H,19,20). The average molecular weight is 272 g/mol. The second kappa shape index (κ2) is 4.78. The molecule has 0 atom stereocenters. The third kappa shape index (κ3) is 2.04. The summed E-state index contributed by atoms with van der Waals surface area (Å²) in [6.07, 6.45) is 3.48. The van der Waals surface area contributed by atoms with Crippen LogP contribution in [0, 0.1) is 0 Å². The van der Waals surface area contributed by atoms with Crippen molar-refractivity contribution in [2.24, 2.45) is 0 Å². The van der Waals surface area contributed by atoms with Gasteiger partial charge in [0.25, 0.3) is 0 Å². The maximum Gasteiger partial charge on any atom is 0.357 e. The largest absolute Gasteiger partial charge is 0.476 e. The Morgan fingerprint density at radius 1 is 1.35 bits per heavy atom. The summed E-state index contributed by atoms with van der Waals surface area (Å²) in [7, 11) is 0. The van der Waals surface area contributed by atoms with Crippen molar-refractivity contribution in [3.05, 3.63) is 36.3 Å². The van der Waals surface area contributed by atoms with Gasteiger partial charge >= 0.3 is 5.97 Å². The lowest BCUT2D eigenvalue weighted by Crippen LogP contribution is -2.01. The molecule has 0 radical (unpaired) electrons. The smallest absolute Gasteiger partial charge is 0.357 e. The highest BCUT2D eigenvalue weighted by Crippen LogP contribution is 2.25. The van der Waals surface area contributed by atoms with Gasteiger partial charge in [0.05, 0.1) is 24.9 Å². The lowest BCUT2D eigenvalue weighted by molar-refractivity contribution is 0.0692. The van der Waals surface area contributed by atoms with Crippen LogP contribution in [0.5, 0.6) is 0 Å². The van der Waals surface area contributed by atoms with E-state index < -0.39 is 5.97 Å². The van der Waals surface area contributed by atoms with Crippen molar-refractivity contribution in [2.45, 2.75) is 6.54 Å². The molecule has 0 unspecified atom stereocenters. The molecule has 7 heteroatoms. The van der Waals surface area contributed by atoms with Crippen molar-refractivity contribution >= 4 is 16.9 Å². The number of aliphatic hydroxyl groups excluding tert-OH is 1. The fourth-order valence-corrected chi connectivity index (χ4v) is 2.09. The zero-order valence-electron chi connectivity index (χ0n) is 10.4. The highest BCUT2D eigenvalue weighted by Gasteiger charge is 2.13. The van der Waals surface area contributed by atoms with Gasteiger partial charge in [-0.05, 0) is 17.7 Å². The van der Waals surface area contributed by atoms with E-state index in [4.69, 9.17) is 10.2 Å². The summed E-state index contributed by atoms with van der Waals surface area (Å²) in [5, 5.41) is 29.1. The van der Waals surface area contributed by atoms with Gasteiger partial charge in [-0.1, -0.05) is 6.07 Å². The van der Waals surface area contributed by atoms with Crippen molar-refractivity contribution < 1.29 is 15.0 Å². The van der Waals surface area contributed by atoms with Crippen LogP contribution in [0.3, 0.4) is 0 Å². The predicted octanol–water partition coefficient (Wildman–Crippen LogP) is 1.12. The Hall–Kier alpha value is -2.67. The molecule has 0 aliphatic carbocycles. The highest BCUT2D eigenvalue weighted by molar-refractivity contribution is 6.02. The van der Waals surface area contributed by atoms with Crippen LogP contribution >= 0.6 is 0 Å². The number of rotatable bonds is 4. The zero-order valence-corrected chi connectivity index (χ0v) is 10.4. The van der Waals surface area contributed by atoms with Crippen molar-refractivity contribution in [3.8, 4) is 11.1 Å². The molecule has 7 nitrogen and oxygen atoms in total. The number of fused-ring (bicyclic) bond motifs is 1. The first kappa shape index (κ1) is 12.4. The van der Waals surface area contributed by atoms with Crippen LogP contribution in [-0.2, 0) is 6.54 Å². The van der Waals surface area contributed by atoms with Crippen LogP contribution < -0.4 is 0 Å². The Morgan fingerprint density at radius 2 is 2.20 bits per heavy atom. The summed E-state index contributed by atoms with van der Waals surface area (Å²) in [6.45, 7) is 0.444. The summed E-state index contributed by atoms with van der Waals surface area (Å²) in [5.74, 6) is -1.07. The van der Waals surface area contributed by atoms with Gasteiger partial charge in [0.1, 0.15) is 0 Å². The number of aromatic nitrogens is 4. The first-order valence-corrected chi connectivity index (χ1v) is 6.04. The maximum atomic E-state index is 11.1. The lowest BCUT2D eigenvalue weighted by Gasteiger charge is -1.98. The SMILES string of the molecule is O=C(O)c1n[nH]c2ccc(-c3cnn(CCO)c3)cc12. The Balaban J connectivity index is 2.06. The maximum absolute atomic E-state index is 11.1. The fourth-order valence-electron chi connectivity index (χ4n) is 2.09. The molecule has 0 saturated carbocycles. The summed E-state index contributed by atoms with van der Waals surface area (Å²) in [4.78, 5) is 11.1. The fraction of sp³-hybridized carbons (Fsp3) is 0.154. The van der Waals surface area contributed by atoms with E-state index in [0.29, 0.717) is 17.4 Å². The predicted molar refractivity (Wildman–Crippen MR) is 71.4 cm³/mol. The van der Waals surface area contributed by atoms with Crippen LogP contribution in [0.4, 0.5) is 0 Å². The quantitative estimate of drug-likeness (QED) is 0.660. The Labute approximate surface area is 113 Å². The van der Waals surface area contributed by atoms with E-state index in [9.17, 15) is 4.79 Å². The van der Waals surface area contributed by atoms with E-state index >= 15 is 0 Å². The van der Waals surface area contributed by atoms with E-state index in [1.807, 2.05) is 6.07 Å². The second-order valence-electron chi connectivity index (χ2n) is 4.35. The number of hydrogen-bond acceptors (Lipinski definition) is 4. The topological polar surface area (TPSA) is 104 Å². The number of carboxylic acids is 1. The van der Waals surface area contributed by atoms with Crippen molar-refractivity contribution in [3.63, 3.8) is 0 Å². The average Bonchev–Trinajstić information content (AvgIpc) is 3.04. The molecular weight excluding hydrogens is 260 g/mol. The minimum atomic E-state index is -1.07. The van der Waals surface area contributed by atoms with Crippen molar-refractivity contribution in [1.29, 1.82) is 0 Å². The number of H-pyrrole nitrogens is 1. The Morgan fingerprint density at radius 3 is 2.95 bits per heavy atom. The molecule has 3 aromatic rings. The molecule has 0 fully saturated rings. The number of hydrogen-bond donors (Lipinski definition) is 3. The monoisotopic (exact) mass is 272 g/mol. The first-order valence-electron chi connectivity index (χ1n) is 6.04. The lowest BCUT2D eigenvalue weighted by atomic mass is 10.1. The van der Waals surface area contributed by atoms with Gasteiger partial charge in [-0.25, -0.2) is 4.79 Å². The summed E-state index contributed by atoms with van der Waals surface area (Å²) < 4.78 is 1.63. The van der Waals surface area contributed by atoms with Crippen molar-refractivity contribution in [2.75, 3.05) is 6.61 Å². The molecule has 0 saturated heterocycles. The third-order valence-electron chi connectivity index (χ3n) is 3.06. The molecule has 0 aliphatic rings. The minimum absolute atomic E-state index is 0.00426. The van der Waals surface area contributed by atoms with Crippen LogP contribution in [0.2, 0.25) is 0 Å².